The number of nitrogens with one attached hydrogen (secondary N) is 1. The lowest BCUT2D eigenvalue weighted by Gasteiger charge is -2.32. The molecule has 0 atom stereocenters. The molecule has 1 heterocycles. The van der Waals surface area contributed by atoms with Gasteiger partial charge in [-0.15, -0.1) is 0 Å². The van der Waals surface area contributed by atoms with Crippen molar-refractivity contribution in [2.24, 2.45) is 0 Å². The van der Waals surface area contributed by atoms with Crippen molar-refractivity contribution in [1.29, 1.82) is 0 Å². The summed E-state index contributed by atoms with van der Waals surface area (Å²) in [5, 5.41) is 11.8. The van der Waals surface area contributed by atoms with Crippen LogP contribution in [0.4, 0.5) is 23.7 Å². The quantitative estimate of drug-likeness (QED) is 0.782. The first-order valence-electron chi connectivity index (χ1n) is 8.96. The number of hydrogen-bond acceptors (Lipinski definition) is 3. The lowest BCUT2D eigenvalue weighted by Crippen LogP contribution is -2.43. The van der Waals surface area contributed by atoms with Crippen molar-refractivity contribution in [2.75, 3.05) is 18.4 Å². The molecule has 0 radical (unpaired) electrons. The number of likely N-dealkylation sites (tertiary alicyclic amines) is 1. The maximum atomic E-state index is 12.8. The summed E-state index contributed by atoms with van der Waals surface area (Å²) in [6.45, 7) is 0.676. The molecule has 1 aliphatic rings. The van der Waals surface area contributed by atoms with E-state index in [0.717, 1.165) is 12.1 Å². The smallest absolute Gasteiger partial charge is 0.416 e. The van der Waals surface area contributed by atoms with Crippen molar-refractivity contribution >= 4 is 17.7 Å². The minimum absolute atomic E-state index is 0.0105. The fourth-order valence-electron chi connectivity index (χ4n) is 3.09. The molecule has 1 saturated heterocycles. The van der Waals surface area contributed by atoms with Crippen LogP contribution >= 0.6 is 0 Å². The van der Waals surface area contributed by atoms with E-state index in [-0.39, 0.29) is 23.1 Å². The van der Waals surface area contributed by atoms with Gasteiger partial charge in [-0.2, -0.15) is 13.2 Å². The number of carboxylic acids is 1. The highest BCUT2D eigenvalue weighted by atomic mass is 19.4. The van der Waals surface area contributed by atoms with Gasteiger partial charge in [0, 0.05) is 25.9 Å². The van der Waals surface area contributed by atoms with Crippen LogP contribution in [-0.4, -0.2) is 41.2 Å². The van der Waals surface area contributed by atoms with Crippen molar-refractivity contribution in [1.82, 2.24) is 4.90 Å². The van der Waals surface area contributed by atoms with Crippen molar-refractivity contribution in [3.05, 3.63) is 59.7 Å². The predicted molar refractivity (Wildman–Crippen MR) is 99.1 cm³/mol. The van der Waals surface area contributed by atoms with Crippen LogP contribution in [0.1, 0.15) is 28.8 Å². The van der Waals surface area contributed by atoms with Gasteiger partial charge in [0.15, 0.2) is 0 Å². The molecule has 2 amide bonds. The Kier molecular flexibility index (Phi) is 5.95. The first-order chi connectivity index (χ1) is 13.7. The van der Waals surface area contributed by atoms with E-state index in [2.05, 4.69) is 5.32 Å². The van der Waals surface area contributed by atoms with E-state index >= 15 is 0 Å². The third kappa shape index (κ3) is 5.18. The maximum Gasteiger partial charge on any atom is 0.416 e. The van der Waals surface area contributed by atoms with E-state index in [9.17, 15) is 27.9 Å². The van der Waals surface area contributed by atoms with Crippen molar-refractivity contribution in [3.63, 3.8) is 0 Å². The SMILES string of the molecule is O=C(O)c1ccccc1NC(=O)N1CCC(Oc2cccc(C(F)(F)F)c2)CC1. The Morgan fingerprint density at radius 2 is 1.76 bits per heavy atom. The Morgan fingerprint density at radius 3 is 2.41 bits per heavy atom. The number of urea groups is 1. The summed E-state index contributed by atoms with van der Waals surface area (Å²) < 4.78 is 44.1. The summed E-state index contributed by atoms with van der Waals surface area (Å²) in [7, 11) is 0. The lowest BCUT2D eigenvalue weighted by molar-refractivity contribution is -0.137. The Labute approximate surface area is 164 Å². The monoisotopic (exact) mass is 408 g/mol. The zero-order valence-electron chi connectivity index (χ0n) is 15.3. The number of anilines is 1. The van der Waals surface area contributed by atoms with E-state index < -0.39 is 23.7 Å². The Bertz CT molecular complexity index is 893. The Hall–Kier alpha value is -3.23. The molecule has 0 aliphatic carbocycles. The van der Waals surface area contributed by atoms with E-state index in [4.69, 9.17) is 4.74 Å². The van der Waals surface area contributed by atoms with Gasteiger partial charge in [0.1, 0.15) is 11.9 Å². The summed E-state index contributed by atoms with van der Waals surface area (Å²) in [5.74, 6) is -1.01. The van der Waals surface area contributed by atoms with E-state index in [1.807, 2.05) is 0 Å². The molecule has 6 nitrogen and oxygen atoms in total. The third-order valence-electron chi connectivity index (χ3n) is 4.59. The van der Waals surface area contributed by atoms with Crippen molar-refractivity contribution in [3.8, 4) is 5.75 Å². The number of piperidine rings is 1. The van der Waals surface area contributed by atoms with Crippen LogP contribution in [0.2, 0.25) is 0 Å². The molecule has 2 aromatic carbocycles. The molecule has 0 saturated carbocycles. The van der Waals surface area contributed by atoms with Gasteiger partial charge in [0.25, 0.3) is 0 Å². The van der Waals surface area contributed by atoms with E-state index in [0.29, 0.717) is 25.9 Å². The van der Waals surface area contributed by atoms with Crippen LogP contribution in [-0.2, 0) is 6.18 Å². The number of rotatable bonds is 4. The fourth-order valence-corrected chi connectivity index (χ4v) is 3.09. The standard InChI is InChI=1S/C20H19F3N2O4/c21-20(22,23)13-4-3-5-15(12-13)29-14-8-10-25(11-9-14)19(28)24-17-7-2-1-6-16(17)18(26)27/h1-7,12,14H,8-11H2,(H,24,28)(H,26,27). The second-order valence-electron chi connectivity index (χ2n) is 6.61. The average molecular weight is 408 g/mol. The van der Waals surface area contributed by atoms with E-state index in [1.165, 1.54) is 29.2 Å². The highest BCUT2D eigenvalue weighted by molar-refractivity contribution is 5.99. The molecule has 0 bridgehead atoms. The number of para-hydroxylation sites is 1. The van der Waals surface area contributed by atoms with Gasteiger partial charge in [0.2, 0.25) is 0 Å². The maximum absolute atomic E-state index is 12.8. The number of benzene rings is 2. The number of alkyl halides is 3. The average Bonchev–Trinajstić information content (AvgIpc) is 2.68. The van der Waals surface area contributed by atoms with Gasteiger partial charge in [-0.25, -0.2) is 9.59 Å². The predicted octanol–water partition coefficient (Wildman–Crippen LogP) is 4.48. The lowest BCUT2D eigenvalue weighted by atomic mass is 10.1. The fraction of sp³-hybridized carbons (Fsp3) is 0.300. The molecule has 154 valence electrons. The van der Waals surface area contributed by atoms with Crippen molar-refractivity contribution in [2.45, 2.75) is 25.1 Å². The molecular weight excluding hydrogens is 389 g/mol. The zero-order chi connectivity index (χ0) is 21.0. The minimum Gasteiger partial charge on any atom is -0.490 e. The van der Waals surface area contributed by atoms with Crippen molar-refractivity contribution < 1.29 is 32.6 Å². The highest BCUT2D eigenvalue weighted by Gasteiger charge is 2.31. The molecule has 0 unspecified atom stereocenters. The van der Waals surface area contributed by atoms with Gasteiger partial charge >= 0.3 is 18.2 Å². The van der Waals surface area contributed by atoms with Gasteiger partial charge in [0.05, 0.1) is 16.8 Å². The number of carboxylic acid groups (broad SMARTS) is 1. The largest absolute Gasteiger partial charge is 0.490 e. The Balaban J connectivity index is 1.56. The first kappa shape index (κ1) is 20.5. The number of nitrogens with zero attached hydrogens (tertiary/aromatic N) is 1. The number of amides is 2. The van der Waals surface area contributed by atoms with Gasteiger partial charge in [-0.3, -0.25) is 0 Å². The first-order valence-corrected chi connectivity index (χ1v) is 8.96. The van der Waals surface area contributed by atoms with Crippen LogP contribution < -0.4 is 10.1 Å². The second kappa shape index (κ2) is 8.42. The van der Waals surface area contributed by atoms with Crippen LogP contribution in [0.3, 0.4) is 0 Å². The number of carbonyl (C=O) groups is 2. The molecular formula is C20H19F3N2O4. The number of hydrogen-bond donors (Lipinski definition) is 2. The normalized spacial score (nSPS) is 15.1. The molecule has 0 aromatic heterocycles. The van der Waals surface area contributed by atoms with Crippen LogP contribution in [0.15, 0.2) is 48.5 Å². The topological polar surface area (TPSA) is 78.9 Å². The number of aromatic carboxylic acids is 1. The van der Waals surface area contributed by atoms with Gasteiger partial charge in [-0.05, 0) is 30.3 Å². The third-order valence-corrected chi connectivity index (χ3v) is 4.59. The van der Waals surface area contributed by atoms with E-state index in [1.54, 1.807) is 12.1 Å². The molecule has 29 heavy (non-hydrogen) atoms. The number of carbonyl (C=O) groups excluding carboxylic acids is 1. The number of ether oxygens (including phenoxy) is 1. The Morgan fingerprint density at radius 1 is 1.07 bits per heavy atom. The highest BCUT2D eigenvalue weighted by Crippen LogP contribution is 2.32. The molecule has 9 heteroatoms. The molecule has 1 aliphatic heterocycles. The molecule has 0 spiro atoms. The van der Waals surface area contributed by atoms with Gasteiger partial charge in [-0.1, -0.05) is 18.2 Å². The minimum atomic E-state index is -4.44. The summed E-state index contributed by atoms with van der Waals surface area (Å²) >= 11 is 0. The van der Waals surface area contributed by atoms with Gasteiger partial charge < -0.3 is 20.1 Å². The summed E-state index contributed by atoms with van der Waals surface area (Å²) in [6.07, 6.45) is -3.85. The van der Waals surface area contributed by atoms with Crippen LogP contribution in [0.5, 0.6) is 5.75 Å². The summed E-state index contributed by atoms with van der Waals surface area (Å²) in [6, 6.07) is 10.4. The molecule has 2 aromatic rings. The van der Waals surface area contributed by atoms with Crippen LogP contribution in [0, 0.1) is 0 Å². The summed E-state index contributed by atoms with van der Waals surface area (Å²) in [5.41, 5.74) is -0.583. The number of halogens is 3. The molecule has 1 fully saturated rings. The molecule has 2 N–H and O–H groups in total. The summed E-state index contributed by atoms with van der Waals surface area (Å²) in [4.78, 5) is 25.2. The second-order valence-corrected chi connectivity index (χ2v) is 6.61. The molecule has 3 rings (SSSR count). The zero-order valence-corrected chi connectivity index (χ0v) is 15.3. The van der Waals surface area contributed by atoms with Crippen LogP contribution in [0.25, 0.3) is 0 Å².